The van der Waals surface area contributed by atoms with Crippen LogP contribution in [0.4, 0.5) is 5.69 Å². The summed E-state index contributed by atoms with van der Waals surface area (Å²) >= 11 is 0. The molecule has 2 rings (SSSR count). The molecule has 0 radical (unpaired) electrons. The van der Waals surface area contributed by atoms with Crippen molar-refractivity contribution in [2.75, 3.05) is 5.73 Å². The second-order valence-corrected chi connectivity index (χ2v) is 3.22. The molecule has 0 unspecified atom stereocenters. The number of hydrazine groups is 1. The summed E-state index contributed by atoms with van der Waals surface area (Å²) in [5.74, 6) is 4.79. The van der Waals surface area contributed by atoms with Crippen molar-refractivity contribution in [1.29, 1.82) is 0 Å². The number of nitrogens with one attached hydrogen (secondary N) is 1. The van der Waals surface area contributed by atoms with E-state index in [-0.39, 0.29) is 5.91 Å². The van der Waals surface area contributed by atoms with Crippen LogP contribution >= 0.6 is 0 Å². The quantitative estimate of drug-likeness (QED) is 0.279. The molecule has 0 heterocycles. The lowest BCUT2D eigenvalue weighted by Crippen LogP contribution is -2.30. The molecule has 0 spiro atoms. The molecule has 76 valence electrons. The maximum absolute atomic E-state index is 11.5. The highest BCUT2D eigenvalue weighted by Gasteiger charge is 2.08. The number of hydrogen-bond donors (Lipinski definition) is 3. The first kappa shape index (κ1) is 9.48. The van der Waals surface area contributed by atoms with Crippen LogP contribution in [0.1, 0.15) is 10.4 Å². The number of hydrogen-bond acceptors (Lipinski definition) is 3. The van der Waals surface area contributed by atoms with Gasteiger partial charge in [0.15, 0.2) is 0 Å². The van der Waals surface area contributed by atoms with E-state index in [1.54, 1.807) is 18.2 Å². The Morgan fingerprint density at radius 2 is 1.73 bits per heavy atom. The first-order valence-corrected chi connectivity index (χ1v) is 4.52. The van der Waals surface area contributed by atoms with Crippen LogP contribution in [0.2, 0.25) is 0 Å². The average Bonchev–Trinajstić information content (AvgIpc) is 2.28. The van der Waals surface area contributed by atoms with Crippen molar-refractivity contribution in [3.05, 3.63) is 42.0 Å². The summed E-state index contributed by atoms with van der Waals surface area (Å²) in [6, 6.07) is 10.8. The standard InChI is InChI=1S/C11H11N3O/c12-10-6-2-3-7-8(10)4-1-5-9(7)11(15)14-13/h1-6H,12-13H2,(H,14,15). The van der Waals surface area contributed by atoms with Gasteiger partial charge in [-0.05, 0) is 17.5 Å². The Bertz CT molecular complexity index is 522. The number of amides is 1. The zero-order chi connectivity index (χ0) is 10.8. The predicted octanol–water partition coefficient (Wildman–Crippen LogP) is 1.03. The number of rotatable bonds is 1. The minimum Gasteiger partial charge on any atom is -0.398 e. The molecular formula is C11H11N3O. The number of fused-ring (bicyclic) bond motifs is 1. The number of anilines is 1. The van der Waals surface area contributed by atoms with Crippen LogP contribution in [-0.2, 0) is 0 Å². The molecule has 0 fully saturated rings. The minimum absolute atomic E-state index is 0.314. The van der Waals surface area contributed by atoms with Crippen molar-refractivity contribution < 1.29 is 4.79 Å². The number of nitrogens with two attached hydrogens (primary N) is 2. The molecule has 0 saturated heterocycles. The third kappa shape index (κ3) is 1.51. The maximum atomic E-state index is 11.5. The van der Waals surface area contributed by atoms with Crippen molar-refractivity contribution >= 4 is 22.4 Å². The number of carbonyl (C=O) groups excluding carboxylic acids is 1. The van der Waals surface area contributed by atoms with Gasteiger partial charge in [0, 0.05) is 16.6 Å². The molecule has 0 saturated carbocycles. The van der Waals surface area contributed by atoms with Gasteiger partial charge in [-0.2, -0.15) is 0 Å². The van der Waals surface area contributed by atoms with E-state index >= 15 is 0 Å². The Kier molecular flexibility index (Phi) is 2.27. The Morgan fingerprint density at radius 3 is 2.47 bits per heavy atom. The smallest absolute Gasteiger partial charge is 0.265 e. The molecule has 2 aromatic rings. The van der Waals surface area contributed by atoms with Crippen molar-refractivity contribution in [3.63, 3.8) is 0 Å². The molecule has 5 N–H and O–H groups in total. The molecule has 0 aliphatic heterocycles. The predicted molar refractivity (Wildman–Crippen MR) is 60.0 cm³/mol. The summed E-state index contributed by atoms with van der Waals surface area (Å²) in [7, 11) is 0. The van der Waals surface area contributed by atoms with Crippen LogP contribution in [0.25, 0.3) is 10.8 Å². The average molecular weight is 201 g/mol. The molecule has 15 heavy (non-hydrogen) atoms. The molecule has 0 aromatic heterocycles. The molecule has 4 heteroatoms. The fourth-order valence-corrected chi connectivity index (χ4v) is 1.61. The summed E-state index contributed by atoms with van der Waals surface area (Å²) in [5.41, 5.74) is 9.10. The van der Waals surface area contributed by atoms with Gasteiger partial charge in [-0.3, -0.25) is 10.2 Å². The summed E-state index contributed by atoms with van der Waals surface area (Å²) < 4.78 is 0. The monoisotopic (exact) mass is 201 g/mol. The fraction of sp³-hybridized carbons (Fsp3) is 0. The Labute approximate surface area is 86.8 Å². The van der Waals surface area contributed by atoms with Crippen LogP contribution in [0.5, 0.6) is 0 Å². The van der Waals surface area contributed by atoms with Crippen LogP contribution in [-0.4, -0.2) is 5.91 Å². The summed E-state index contributed by atoms with van der Waals surface area (Å²) in [6.07, 6.45) is 0. The molecule has 1 amide bonds. The number of nitrogen functional groups attached to an aromatic ring is 2. The van der Waals surface area contributed by atoms with E-state index in [0.717, 1.165) is 10.8 Å². The van der Waals surface area contributed by atoms with Crippen molar-refractivity contribution in [1.82, 2.24) is 5.43 Å². The summed E-state index contributed by atoms with van der Waals surface area (Å²) in [5, 5.41) is 1.67. The largest absolute Gasteiger partial charge is 0.398 e. The lowest BCUT2D eigenvalue weighted by atomic mass is 10.0. The number of benzene rings is 2. The fourth-order valence-electron chi connectivity index (χ4n) is 1.61. The topological polar surface area (TPSA) is 81.1 Å². The molecular weight excluding hydrogens is 190 g/mol. The minimum atomic E-state index is -0.314. The van der Waals surface area contributed by atoms with Crippen molar-refractivity contribution in [3.8, 4) is 0 Å². The van der Waals surface area contributed by atoms with E-state index in [1.165, 1.54) is 0 Å². The van der Waals surface area contributed by atoms with Gasteiger partial charge in [0.2, 0.25) is 0 Å². The first-order valence-electron chi connectivity index (χ1n) is 4.52. The highest BCUT2D eigenvalue weighted by molar-refractivity contribution is 6.09. The van der Waals surface area contributed by atoms with Gasteiger partial charge in [-0.1, -0.05) is 24.3 Å². The first-order chi connectivity index (χ1) is 7.24. The molecule has 0 aliphatic rings. The zero-order valence-corrected chi connectivity index (χ0v) is 8.03. The van der Waals surface area contributed by atoms with Gasteiger partial charge >= 0.3 is 0 Å². The van der Waals surface area contributed by atoms with Gasteiger partial charge in [0.05, 0.1) is 0 Å². The third-order valence-electron chi connectivity index (χ3n) is 2.33. The Hall–Kier alpha value is -2.07. The van der Waals surface area contributed by atoms with E-state index in [9.17, 15) is 4.79 Å². The molecule has 0 bridgehead atoms. The highest BCUT2D eigenvalue weighted by Crippen LogP contribution is 2.23. The lowest BCUT2D eigenvalue weighted by molar-refractivity contribution is 0.0955. The van der Waals surface area contributed by atoms with Gasteiger partial charge in [-0.15, -0.1) is 0 Å². The van der Waals surface area contributed by atoms with Crippen LogP contribution in [0, 0.1) is 0 Å². The van der Waals surface area contributed by atoms with E-state index in [1.807, 2.05) is 18.2 Å². The van der Waals surface area contributed by atoms with E-state index in [4.69, 9.17) is 11.6 Å². The van der Waals surface area contributed by atoms with Gasteiger partial charge in [0.1, 0.15) is 0 Å². The van der Waals surface area contributed by atoms with Gasteiger partial charge in [0.25, 0.3) is 5.91 Å². The van der Waals surface area contributed by atoms with Gasteiger partial charge < -0.3 is 5.73 Å². The van der Waals surface area contributed by atoms with Crippen molar-refractivity contribution in [2.45, 2.75) is 0 Å². The van der Waals surface area contributed by atoms with Crippen LogP contribution < -0.4 is 17.0 Å². The SMILES string of the molecule is NNC(=O)c1cccc2c(N)cccc12. The Morgan fingerprint density at radius 1 is 1.07 bits per heavy atom. The maximum Gasteiger partial charge on any atom is 0.265 e. The second-order valence-electron chi connectivity index (χ2n) is 3.22. The molecule has 0 atom stereocenters. The molecule has 0 aliphatic carbocycles. The summed E-state index contributed by atoms with van der Waals surface area (Å²) in [6.45, 7) is 0. The van der Waals surface area contributed by atoms with E-state index in [0.29, 0.717) is 11.3 Å². The van der Waals surface area contributed by atoms with Crippen molar-refractivity contribution in [2.24, 2.45) is 5.84 Å². The zero-order valence-electron chi connectivity index (χ0n) is 8.03. The Balaban J connectivity index is 2.77. The van der Waals surface area contributed by atoms with Crippen LogP contribution in [0.3, 0.4) is 0 Å². The van der Waals surface area contributed by atoms with E-state index < -0.39 is 0 Å². The van der Waals surface area contributed by atoms with E-state index in [2.05, 4.69) is 5.43 Å². The number of carbonyl (C=O) groups is 1. The molecule has 4 nitrogen and oxygen atoms in total. The third-order valence-corrected chi connectivity index (χ3v) is 2.33. The van der Waals surface area contributed by atoms with Gasteiger partial charge in [-0.25, -0.2) is 5.84 Å². The van der Waals surface area contributed by atoms with Crippen LogP contribution in [0.15, 0.2) is 36.4 Å². The summed E-state index contributed by atoms with van der Waals surface area (Å²) in [4.78, 5) is 11.5. The normalized spacial score (nSPS) is 10.2. The second kappa shape index (κ2) is 3.59. The highest BCUT2D eigenvalue weighted by atomic mass is 16.2. The lowest BCUT2D eigenvalue weighted by Gasteiger charge is -2.06. The molecule has 2 aromatic carbocycles.